The molecule has 0 radical (unpaired) electrons. The monoisotopic (exact) mass is 952 g/mol. The first-order valence-corrected chi connectivity index (χ1v) is 22.2. The van der Waals surface area contributed by atoms with E-state index in [-0.39, 0.29) is 84.9 Å². The van der Waals surface area contributed by atoms with Gasteiger partial charge in [-0.2, -0.15) is 0 Å². The molecule has 0 aliphatic heterocycles. The summed E-state index contributed by atoms with van der Waals surface area (Å²) in [5, 5.41) is 29.2. The van der Waals surface area contributed by atoms with Gasteiger partial charge in [-0.1, -0.05) is 55.4 Å². The van der Waals surface area contributed by atoms with E-state index < -0.39 is 0 Å². The highest BCUT2D eigenvalue weighted by atomic mass is 32.1. The molecule has 0 saturated heterocycles. The molecule has 0 rings (SSSR count). The van der Waals surface area contributed by atoms with Gasteiger partial charge in [0, 0.05) is 79.6 Å². The first-order chi connectivity index (χ1) is 30.2. The third kappa shape index (κ3) is 63.3. The Labute approximate surface area is 392 Å². The highest BCUT2D eigenvalue weighted by Gasteiger charge is 2.05. The molecule has 0 saturated carbocycles. The molecule has 0 unspecified atom stereocenters. The van der Waals surface area contributed by atoms with Gasteiger partial charge in [-0.15, -0.1) is 0 Å². The van der Waals surface area contributed by atoms with Gasteiger partial charge in [-0.05, 0) is 43.7 Å². The molecule has 11 N–H and O–H groups in total. The molecule has 64 heavy (non-hydrogen) atoms. The number of carbonyl (C=O) groups is 10. The number of urea groups is 2. The van der Waals surface area contributed by atoms with Gasteiger partial charge in [0.2, 0.25) is 17.7 Å². The van der Waals surface area contributed by atoms with E-state index in [0.29, 0.717) is 74.8 Å². The average Bonchev–Trinajstić information content (AvgIpc) is 3.29. The topological polar surface area (TPSA) is 303 Å². The van der Waals surface area contributed by atoms with Crippen molar-refractivity contribution in [1.82, 2.24) is 58.5 Å². The third-order valence-corrected chi connectivity index (χ3v) is 7.78. The molecule has 0 aliphatic carbocycles. The molecule has 0 atom stereocenters. The Bertz CT molecular complexity index is 1260. The number of carbonyl (C=O) groups excluding carboxylic acids is 10. The lowest BCUT2D eigenvalue weighted by Gasteiger charge is -2.07. The van der Waals surface area contributed by atoms with Crippen LogP contribution in [0.3, 0.4) is 0 Å². The molecule has 0 aromatic carbocycles. The Kier molecular flexibility index (Phi) is 59.2. The van der Waals surface area contributed by atoms with Crippen molar-refractivity contribution in [3.63, 3.8) is 0 Å². The first-order valence-electron chi connectivity index (χ1n) is 21.4. The van der Waals surface area contributed by atoms with Gasteiger partial charge in [-0.25, -0.2) is 9.59 Å². The standard InChI is InChI=1S/C8H14O2.C7H14N2O2.C7H14N2OS.C7H13NO2.C6H13N3O2.C6H13N3OS/c1-3-5-8(10)6-7(9)4-2;2*1-3-4-6(10)5-9-7(11)8-2;1-3-6(9)5-8-7(10)4-2;2*1-3-5(10)8-4-9-6(11)7-2/h3-6H2,1-2H3;2*3-5H2,1-2H3,(H2,8,9,11);3-5H2,1-2H3,(H,8,10);2*3-4H2,1-2H3,(H,8,10)(H2,7,9,11). The number of rotatable bonds is 23. The van der Waals surface area contributed by atoms with E-state index in [4.69, 9.17) is 24.4 Å². The number of hydrogen-bond acceptors (Lipinski definition) is 12. The van der Waals surface area contributed by atoms with Gasteiger partial charge in [0.1, 0.15) is 11.6 Å². The molecule has 0 aliphatic rings. The number of nitrogens with one attached hydrogen (secondary N) is 11. The van der Waals surface area contributed by atoms with Crippen molar-refractivity contribution in [2.75, 3.05) is 61.2 Å². The van der Waals surface area contributed by atoms with Gasteiger partial charge in [0.15, 0.2) is 27.6 Å². The molecular weight excluding hydrogens is 871 g/mol. The lowest BCUT2D eigenvalue weighted by molar-refractivity contribution is -0.127. The van der Waals surface area contributed by atoms with Crippen molar-refractivity contribution in [3.8, 4) is 0 Å². The van der Waals surface area contributed by atoms with Crippen LogP contribution >= 0.6 is 24.4 Å². The Balaban J connectivity index is -0.000000158. The van der Waals surface area contributed by atoms with Gasteiger partial charge in [0.25, 0.3) is 0 Å². The molecule has 7 amide bonds. The fourth-order valence-corrected chi connectivity index (χ4v) is 3.45. The second-order valence-corrected chi connectivity index (χ2v) is 13.4. The zero-order chi connectivity index (χ0) is 50.7. The molecular formula is C41H81N11O10S2. The smallest absolute Gasteiger partial charge is 0.315 e. The second kappa shape index (κ2) is 53.8. The molecule has 0 aromatic rings. The van der Waals surface area contributed by atoms with Crippen molar-refractivity contribution in [2.45, 2.75) is 132 Å². The maximum absolute atomic E-state index is 10.9. The summed E-state index contributed by atoms with van der Waals surface area (Å²) in [5.41, 5.74) is 0. The van der Waals surface area contributed by atoms with Crippen molar-refractivity contribution in [1.29, 1.82) is 0 Å². The SMILES string of the molecule is CCC(=O)CNC(=O)CC.CCC(=O)NCNC(=O)NC.CCC(=O)NCNC(=S)NC.CCCC(=O)CC(=O)CC.CCCC(=O)CNC(=O)NC.CCCC(=O)CNC(=S)NC. The number of amides is 7. The van der Waals surface area contributed by atoms with Crippen LogP contribution in [0.15, 0.2) is 0 Å². The normalized spacial score (nSPS) is 8.88. The van der Waals surface area contributed by atoms with Crippen LogP contribution in [0.25, 0.3) is 0 Å². The lowest BCUT2D eigenvalue weighted by Crippen LogP contribution is -2.41. The molecule has 23 heteroatoms. The first kappa shape index (κ1) is 70.3. The maximum atomic E-state index is 10.9. The summed E-state index contributed by atoms with van der Waals surface area (Å²) in [6, 6.07) is -0.615. The molecule has 0 aromatic heterocycles. The van der Waals surface area contributed by atoms with Crippen LogP contribution in [-0.2, 0) is 38.4 Å². The van der Waals surface area contributed by atoms with Crippen LogP contribution in [0.1, 0.15) is 132 Å². The van der Waals surface area contributed by atoms with Crippen LogP contribution in [-0.4, -0.2) is 130 Å². The fourth-order valence-electron chi connectivity index (χ4n) is 3.30. The highest BCUT2D eigenvalue weighted by Crippen LogP contribution is 1.97. The number of ketones is 5. The Hall–Kier alpha value is -5.32. The molecule has 372 valence electrons. The zero-order valence-corrected chi connectivity index (χ0v) is 42.1. The Morgan fingerprint density at radius 3 is 1.06 bits per heavy atom. The van der Waals surface area contributed by atoms with Gasteiger partial charge in [-0.3, -0.25) is 38.4 Å². The minimum atomic E-state index is -0.311. The van der Waals surface area contributed by atoms with E-state index in [1.165, 1.54) is 14.1 Å². The maximum Gasteiger partial charge on any atom is 0.315 e. The highest BCUT2D eigenvalue weighted by molar-refractivity contribution is 7.80. The lowest BCUT2D eigenvalue weighted by atomic mass is 10.1. The Morgan fingerprint density at radius 2 is 0.688 bits per heavy atom. The van der Waals surface area contributed by atoms with E-state index in [1.807, 2.05) is 20.8 Å². The zero-order valence-electron chi connectivity index (χ0n) is 40.4. The summed E-state index contributed by atoms with van der Waals surface area (Å²) in [6.45, 7) is 15.9. The molecule has 0 fully saturated rings. The fraction of sp³-hybridized carbons (Fsp3) is 0.707. The predicted molar refractivity (Wildman–Crippen MR) is 259 cm³/mol. The van der Waals surface area contributed by atoms with Gasteiger partial charge < -0.3 is 58.5 Å². The molecule has 0 heterocycles. The minimum absolute atomic E-state index is 0.0106. The van der Waals surface area contributed by atoms with E-state index in [2.05, 4.69) is 58.5 Å². The van der Waals surface area contributed by atoms with Crippen molar-refractivity contribution in [2.24, 2.45) is 0 Å². The average molecular weight is 952 g/mol. The van der Waals surface area contributed by atoms with Crippen LogP contribution in [0.4, 0.5) is 9.59 Å². The molecule has 0 spiro atoms. The van der Waals surface area contributed by atoms with Gasteiger partial charge in [0.05, 0.1) is 39.4 Å². The molecule has 21 nitrogen and oxygen atoms in total. The van der Waals surface area contributed by atoms with Crippen LogP contribution in [0.5, 0.6) is 0 Å². The van der Waals surface area contributed by atoms with Crippen LogP contribution in [0.2, 0.25) is 0 Å². The largest absolute Gasteiger partial charge is 0.366 e. The molecule has 0 bridgehead atoms. The third-order valence-electron chi connectivity index (χ3n) is 7.09. The number of hydrogen-bond donors (Lipinski definition) is 11. The van der Waals surface area contributed by atoms with Crippen LogP contribution < -0.4 is 58.5 Å². The van der Waals surface area contributed by atoms with Crippen molar-refractivity contribution >= 4 is 93.4 Å². The van der Waals surface area contributed by atoms with Crippen molar-refractivity contribution < 1.29 is 47.9 Å². The van der Waals surface area contributed by atoms with E-state index in [0.717, 1.165) is 19.3 Å². The number of Topliss-reactive ketones (excluding diaryl/α,β-unsaturated/α-hetero) is 5. The van der Waals surface area contributed by atoms with Gasteiger partial charge >= 0.3 is 12.1 Å². The minimum Gasteiger partial charge on any atom is -0.366 e. The quantitative estimate of drug-likeness (QED) is 0.0396. The van der Waals surface area contributed by atoms with E-state index >= 15 is 0 Å². The summed E-state index contributed by atoms with van der Waals surface area (Å²) >= 11 is 9.55. The summed E-state index contributed by atoms with van der Waals surface area (Å²) in [7, 11) is 6.47. The van der Waals surface area contributed by atoms with E-state index in [9.17, 15) is 47.9 Å². The van der Waals surface area contributed by atoms with Crippen LogP contribution in [0, 0.1) is 0 Å². The Morgan fingerprint density at radius 1 is 0.344 bits per heavy atom. The summed E-state index contributed by atoms with van der Waals surface area (Å²) in [4.78, 5) is 107. The van der Waals surface area contributed by atoms with Crippen molar-refractivity contribution in [3.05, 3.63) is 0 Å². The second-order valence-electron chi connectivity index (χ2n) is 12.6. The summed E-state index contributed by atoms with van der Waals surface area (Å²) in [6.07, 6.45) is 6.75. The number of thiocarbonyl (C=S) groups is 2. The predicted octanol–water partition coefficient (Wildman–Crippen LogP) is 1.91. The summed E-state index contributed by atoms with van der Waals surface area (Å²) < 4.78 is 0. The summed E-state index contributed by atoms with van der Waals surface area (Å²) in [5.74, 6) is 0.329. The van der Waals surface area contributed by atoms with E-state index in [1.54, 1.807) is 48.7 Å².